The monoisotopic (exact) mass is 283 g/mol. The second kappa shape index (κ2) is 6.70. The number of benzene rings is 1. The van der Waals surface area contributed by atoms with Gasteiger partial charge in [0.15, 0.2) is 0 Å². The van der Waals surface area contributed by atoms with E-state index in [0.29, 0.717) is 5.75 Å². The van der Waals surface area contributed by atoms with Crippen LogP contribution in [0.4, 0.5) is 4.39 Å². The maximum atomic E-state index is 13.2. The van der Waals surface area contributed by atoms with Gasteiger partial charge in [-0.3, -0.25) is 4.79 Å². The molecule has 0 aliphatic heterocycles. The molecule has 0 fully saturated rings. The van der Waals surface area contributed by atoms with Crippen molar-refractivity contribution in [3.8, 4) is 5.75 Å². The standard InChI is InChI=1S/C15H22FNO3/c1-5-19-14(18)15(4,17)9-11(3)20-13-8-12(16)7-6-10(13)2/h6-8,11H,5,9,17H2,1-4H3. The number of halogens is 1. The third-order valence-electron chi connectivity index (χ3n) is 2.93. The molecule has 4 nitrogen and oxygen atoms in total. The largest absolute Gasteiger partial charge is 0.490 e. The Balaban J connectivity index is 2.69. The summed E-state index contributed by atoms with van der Waals surface area (Å²) >= 11 is 0. The summed E-state index contributed by atoms with van der Waals surface area (Å²) < 4.78 is 23.8. The van der Waals surface area contributed by atoms with Gasteiger partial charge in [-0.1, -0.05) is 6.07 Å². The molecular weight excluding hydrogens is 261 g/mol. The maximum absolute atomic E-state index is 13.2. The fourth-order valence-corrected chi connectivity index (χ4v) is 1.94. The van der Waals surface area contributed by atoms with Crippen LogP contribution in [0.25, 0.3) is 0 Å². The van der Waals surface area contributed by atoms with Gasteiger partial charge in [0.1, 0.15) is 17.1 Å². The summed E-state index contributed by atoms with van der Waals surface area (Å²) in [6.45, 7) is 7.22. The van der Waals surface area contributed by atoms with E-state index in [1.165, 1.54) is 12.1 Å². The Morgan fingerprint density at radius 1 is 1.50 bits per heavy atom. The molecule has 0 radical (unpaired) electrons. The number of carbonyl (C=O) groups is 1. The fourth-order valence-electron chi connectivity index (χ4n) is 1.94. The Morgan fingerprint density at radius 2 is 2.15 bits per heavy atom. The van der Waals surface area contributed by atoms with Crippen LogP contribution in [0.15, 0.2) is 18.2 Å². The van der Waals surface area contributed by atoms with Crippen LogP contribution in [0.5, 0.6) is 5.75 Å². The van der Waals surface area contributed by atoms with E-state index in [0.717, 1.165) is 5.56 Å². The SMILES string of the molecule is CCOC(=O)C(C)(N)CC(C)Oc1cc(F)ccc1C. The molecule has 0 saturated carbocycles. The van der Waals surface area contributed by atoms with Gasteiger partial charge in [0.05, 0.1) is 12.7 Å². The highest BCUT2D eigenvalue weighted by Gasteiger charge is 2.32. The number of nitrogens with two attached hydrogens (primary N) is 1. The molecule has 0 heterocycles. The molecule has 0 amide bonds. The molecule has 112 valence electrons. The highest BCUT2D eigenvalue weighted by Crippen LogP contribution is 2.22. The predicted octanol–water partition coefficient (Wildman–Crippen LogP) is 2.57. The van der Waals surface area contributed by atoms with Crippen molar-refractivity contribution in [2.24, 2.45) is 5.73 Å². The van der Waals surface area contributed by atoms with E-state index in [2.05, 4.69) is 0 Å². The smallest absolute Gasteiger partial charge is 0.325 e. The summed E-state index contributed by atoms with van der Waals surface area (Å²) in [4.78, 5) is 11.7. The first-order chi connectivity index (χ1) is 9.26. The van der Waals surface area contributed by atoms with E-state index in [-0.39, 0.29) is 24.9 Å². The van der Waals surface area contributed by atoms with Gasteiger partial charge in [0.2, 0.25) is 0 Å². The number of esters is 1. The topological polar surface area (TPSA) is 61.5 Å². The van der Waals surface area contributed by atoms with Gasteiger partial charge in [-0.15, -0.1) is 0 Å². The summed E-state index contributed by atoms with van der Waals surface area (Å²) in [5.41, 5.74) is 5.64. The van der Waals surface area contributed by atoms with Crippen molar-refractivity contribution in [1.29, 1.82) is 0 Å². The van der Waals surface area contributed by atoms with Gasteiger partial charge in [0.25, 0.3) is 0 Å². The predicted molar refractivity (Wildman–Crippen MR) is 75.1 cm³/mol. The highest BCUT2D eigenvalue weighted by atomic mass is 19.1. The minimum atomic E-state index is -1.13. The average Bonchev–Trinajstić information content (AvgIpc) is 2.33. The van der Waals surface area contributed by atoms with Crippen molar-refractivity contribution in [1.82, 2.24) is 0 Å². The van der Waals surface area contributed by atoms with Crippen molar-refractivity contribution in [3.05, 3.63) is 29.6 Å². The Morgan fingerprint density at radius 3 is 2.75 bits per heavy atom. The summed E-state index contributed by atoms with van der Waals surface area (Å²) in [6.07, 6.45) is -0.0585. The maximum Gasteiger partial charge on any atom is 0.325 e. The number of ether oxygens (including phenoxy) is 2. The Kier molecular flexibility index (Phi) is 5.51. The zero-order valence-electron chi connectivity index (χ0n) is 12.4. The molecule has 2 atom stereocenters. The van der Waals surface area contributed by atoms with Gasteiger partial charge < -0.3 is 15.2 Å². The molecule has 0 spiro atoms. The summed E-state index contributed by atoms with van der Waals surface area (Å²) in [5, 5.41) is 0. The minimum absolute atomic E-state index is 0.280. The molecule has 2 N–H and O–H groups in total. The van der Waals surface area contributed by atoms with Crippen LogP contribution in [0, 0.1) is 12.7 Å². The fraction of sp³-hybridized carbons (Fsp3) is 0.533. The van der Waals surface area contributed by atoms with Crippen LogP contribution in [0.1, 0.15) is 32.8 Å². The molecule has 2 unspecified atom stereocenters. The van der Waals surface area contributed by atoms with E-state index in [4.69, 9.17) is 15.2 Å². The average molecular weight is 283 g/mol. The first kappa shape index (κ1) is 16.4. The molecule has 1 rings (SSSR count). The summed E-state index contributed by atoms with van der Waals surface area (Å²) in [5.74, 6) is -0.373. The van der Waals surface area contributed by atoms with Crippen LogP contribution in [0.2, 0.25) is 0 Å². The van der Waals surface area contributed by atoms with E-state index in [1.54, 1.807) is 26.8 Å². The number of hydrogen-bond donors (Lipinski definition) is 1. The lowest BCUT2D eigenvalue weighted by molar-refractivity contribution is -0.149. The van der Waals surface area contributed by atoms with Crippen LogP contribution < -0.4 is 10.5 Å². The van der Waals surface area contributed by atoms with Gasteiger partial charge >= 0.3 is 5.97 Å². The Hall–Kier alpha value is -1.62. The van der Waals surface area contributed by atoms with Crippen LogP contribution in [-0.4, -0.2) is 24.2 Å². The number of aryl methyl sites for hydroxylation is 1. The van der Waals surface area contributed by atoms with Crippen LogP contribution in [0.3, 0.4) is 0 Å². The normalized spacial score (nSPS) is 15.3. The molecule has 1 aromatic carbocycles. The lowest BCUT2D eigenvalue weighted by atomic mass is 9.96. The Labute approximate surface area is 119 Å². The van der Waals surface area contributed by atoms with Gasteiger partial charge in [-0.25, -0.2) is 4.39 Å². The first-order valence-corrected chi connectivity index (χ1v) is 6.65. The number of rotatable bonds is 6. The molecule has 5 heteroatoms. The lowest BCUT2D eigenvalue weighted by Gasteiger charge is -2.26. The number of carbonyl (C=O) groups excluding carboxylic acids is 1. The zero-order valence-corrected chi connectivity index (χ0v) is 12.4. The third-order valence-corrected chi connectivity index (χ3v) is 2.93. The molecule has 0 saturated heterocycles. The lowest BCUT2D eigenvalue weighted by Crippen LogP contribution is -2.49. The first-order valence-electron chi connectivity index (χ1n) is 6.65. The highest BCUT2D eigenvalue weighted by molar-refractivity contribution is 5.80. The van der Waals surface area contributed by atoms with Crippen LogP contribution >= 0.6 is 0 Å². The van der Waals surface area contributed by atoms with E-state index in [9.17, 15) is 9.18 Å². The molecule has 0 bridgehead atoms. The van der Waals surface area contributed by atoms with E-state index in [1.807, 2.05) is 6.92 Å². The van der Waals surface area contributed by atoms with Crippen molar-refractivity contribution < 1.29 is 18.7 Å². The van der Waals surface area contributed by atoms with Crippen molar-refractivity contribution in [3.63, 3.8) is 0 Å². The Bertz CT molecular complexity index is 474. The van der Waals surface area contributed by atoms with Gasteiger partial charge in [-0.2, -0.15) is 0 Å². The molecule has 0 aliphatic carbocycles. The third kappa shape index (κ3) is 4.49. The molecular formula is C15H22FNO3. The van der Waals surface area contributed by atoms with Gasteiger partial charge in [0, 0.05) is 12.5 Å². The molecule has 20 heavy (non-hydrogen) atoms. The number of hydrogen-bond acceptors (Lipinski definition) is 4. The molecule has 0 aliphatic rings. The molecule has 0 aromatic heterocycles. The second-order valence-corrected chi connectivity index (χ2v) is 5.18. The second-order valence-electron chi connectivity index (χ2n) is 5.18. The van der Waals surface area contributed by atoms with Gasteiger partial charge in [-0.05, 0) is 39.3 Å². The van der Waals surface area contributed by atoms with Crippen molar-refractivity contribution in [2.75, 3.05) is 6.61 Å². The van der Waals surface area contributed by atoms with E-state index < -0.39 is 11.5 Å². The summed E-state index contributed by atoms with van der Waals surface area (Å²) in [7, 11) is 0. The quantitative estimate of drug-likeness (QED) is 0.815. The molecule has 1 aromatic rings. The van der Waals surface area contributed by atoms with E-state index >= 15 is 0 Å². The summed E-state index contributed by atoms with van der Waals surface area (Å²) in [6, 6.07) is 4.34. The minimum Gasteiger partial charge on any atom is -0.490 e. The van der Waals surface area contributed by atoms with Crippen molar-refractivity contribution in [2.45, 2.75) is 45.8 Å². The van der Waals surface area contributed by atoms with Crippen molar-refractivity contribution >= 4 is 5.97 Å². The van der Waals surface area contributed by atoms with Crippen LogP contribution in [-0.2, 0) is 9.53 Å². The zero-order chi connectivity index (χ0) is 15.3.